The summed E-state index contributed by atoms with van der Waals surface area (Å²) in [5.41, 5.74) is 0.650. The number of methoxy groups -OCH3 is 1. The molecule has 1 N–H and O–H groups in total. The molecule has 0 bridgehead atoms. The molecule has 1 amide bonds. The minimum absolute atomic E-state index is 0.0256. The van der Waals surface area contributed by atoms with Crippen LogP contribution in [0, 0.1) is 0 Å². The Hall–Kier alpha value is -1.55. The van der Waals surface area contributed by atoms with Crippen LogP contribution in [0.15, 0.2) is 24.3 Å². The largest absolute Gasteiger partial charge is 0.497 e. The van der Waals surface area contributed by atoms with Gasteiger partial charge in [-0.3, -0.25) is 9.69 Å². The fraction of sp³-hybridized carbons (Fsp3) is 0.500. The molecule has 0 saturated carbocycles. The highest BCUT2D eigenvalue weighted by molar-refractivity contribution is 5.94. The predicted octanol–water partition coefficient (Wildman–Crippen LogP) is 1.52. The summed E-state index contributed by atoms with van der Waals surface area (Å²) in [6, 6.07) is 8.04. The summed E-state index contributed by atoms with van der Waals surface area (Å²) in [6.07, 6.45) is 0. The summed E-state index contributed by atoms with van der Waals surface area (Å²) in [6.45, 7) is 6.21. The SMILES string of the molecule is COc1cccc(C(=O)NC2CN(C(C)C)C2)c1. The fourth-order valence-electron chi connectivity index (χ4n) is 2.06. The summed E-state index contributed by atoms with van der Waals surface area (Å²) in [5.74, 6) is 0.683. The van der Waals surface area contributed by atoms with Crippen LogP contribution in [-0.4, -0.2) is 43.1 Å². The van der Waals surface area contributed by atoms with Gasteiger partial charge in [-0.25, -0.2) is 0 Å². The van der Waals surface area contributed by atoms with Crippen molar-refractivity contribution in [3.63, 3.8) is 0 Å². The Bertz CT molecular complexity index is 426. The van der Waals surface area contributed by atoms with E-state index in [-0.39, 0.29) is 11.9 Å². The maximum absolute atomic E-state index is 12.0. The molecule has 4 heteroatoms. The van der Waals surface area contributed by atoms with Crippen LogP contribution in [-0.2, 0) is 0 Å². The topological polar surface area (TPSA) is 41.6 Å². The van der Waals surface area contributed by atoms with Crippen LogP contribution in [0.1, 0.15) is 24.2 Å². The monoisotopic (exact) mass is 248 g/mol. The van der Waals surface area contributed by atoms with Crippen LogP contribution in [0.4, 0.5) is 0 Å². The first-order valence-corrected chi connectivity index (χ1v) is 6.29. The van der Waals surface area contributed by atoms with Gasteiger partial charge in [0.05, 0.1) is 13.2 Å². The smallest absolute Gasteiger partial charge is 0.251 e. The van der Waals surface area contributed by atoms with E-state index >= 15 is 0 Å². The number of amides is 1. The Labute approximate surface area is 108 Å². The Kier molecular flexibility index (Phi) is 3.87. The van der Waals surface area contributed by atoms with E-state index in [4.69, 9.17) is 4.74 Å². The summed E-state index contributed by atoms with van der Waals surface area (Å²) in [7, 11) is 1.60. The molecule has 4 nitrogen and oxygen atoms in total. The van der Waals surface area contributed by atoms with Gasteiger partial charge in [0, 0.05) is 24.7 Å². The maximum atomic E-state index is 12.0. The zero-order valence-electron chi connectivity index (χ0n) is 11.1. The normalized spacial score (nSPS) is 16.4. The average Bonchev–Trinajstić information content (AvgIpc) is 2.32. The molecule has 2 rings (SSSR count). The van der Waals surface area contributed by atoms with Crippen LogP contribution < -0.4 is 10.1 Å². The average molecular weight is 248 g/mol. The molecule has 18 heavy (non-hydrogen) atoms. The third-order valence-electron chi connectivity index (χ3n) is 3.31. The van der Waals surface area contributed by atoms with E-state index in [9.17, 15) is 4.79 Å². The number of benzene rings is 1. The lowest BCUT2D eigenvalue weighted by Gasteiger charge is -2.42. The van der Waals surface area contributed by atoms with Gasteiger partial charge >= 0.3 is 0 Å². The molecule has 1 fully saturated rings. The molecule has 0 unspecified atom stereocenters. The molecule has 0 aromatic heterocycles. The van der Waals surface area contributed by atoms with Gasteiger partial charge in [-0.1, -0.05) is 6.07 Å². The van der Waals surface area contributed by atoms with Gasteiger partial charge in [0.2, 0.25) is 0 Å². The van der Waals surface area contributed by atoms with Gasteiger partial charge in [-0.2, -0.15) is 0 Å². The molecular weight excluding hydrogens is 228 g/mol. The van der Waals surface area contributed by atoms with Gasteiger partial charge < -0.3 is 10.1 Å². The Morgan fingerprint density at radius 2 is 2.17 bits per heavy atom. The van der Waals surface area contributed by atoms with E-state index in [1.807, 2.05) is 12.1 Å². The summed E-state index contributed by atoms with van der Waals surface area (Å²) in [4.78, 5) is 14.3. The standard InChI is InChI=1S/C14H20N2O2/c1-10(2)16-8-12(9-16)15-14(17)11-5-4-6-13(7-11)18-3/h4-7,10,12H,8-9H2,1-3H3,(H,15,17). The molecule has 0 spiro atoms. The molecule has 0 atom stereocenters. The second-order valence-electron chi connectivity index (χ2n) is 4.95. The first kappa shape index (κ1) is 12.9. The lowest BCUT2D eigenvalue weighted by molar-refractivity contribution is 0.0713. The molecule has 0 aliphatic carbocycles. The fourth-order valence-corrected chi connectivity index (χ4v) is 2.06. The summed E-state index contributed by atoms with van der Waals surface area (Å²) < 4.78 is 5.11. The van der Waals surface area contributed by atoms with Crippen LogP contribution >= 0.6 is 0 Å². The van der Waals surface area contributed by atoms with Crippen molar-refractivity contribution in [2.24, 2.45) is 0 Å². The second-order valence-corrected chi connectivity index (χ2v) is 4.95. The molecule has 1 heterocycles. The van der Waals surface area contributed by atoms with Crippen molar-refractivity contribution in [2.75, 3.05) is 20.2 Å². The minimum atomic E-state index is -0.0256. The third-order valence-corrected chi connectivity index (χ3v) is 3.31. The number of carbonyl (C=O) groups is 1. The summed E-state index contributed by atoms with van der Waals surface area (Å²) >= 11 is 0. The van der Waals surface area contributed by atoms with E-state index in [1.54, 1.807) is 19.2 Å². The third kappa shape index (κ3) is 2.82. The predicted molar refractivity (Wildman–Crippen MR) is 71.0 cm³/mol. The highest BCUT2D eigenvalue weighted by Gasteiger charge is 2.29. The molecule has 1 saturated heterocycles. The lowest BCUT2D eigenvalue weighted by atomic mass is 10.1. The van der Waals surface area contributed by atoms with Crippen molar-refractivity contribution in [2.45, 2.75) is 25.9 Å². The van der Waals surface area contributed by atoms with E-state index in [2.05, 4.69) is 24.1 Å². The van der Waals surface area contributed by atoms with E-state index in [1.165, 1.54) is 0 Å². The van der Waals surface area contributed by atoms with Crippen molar-refractivity contribution in [1.82, 2.24) is 10.2 Å². The number of carbonyl (C=O) groups excluding carboxylic acids is 1. The second kappa shape index (κ2) is 5.40. The maximum Gasteiger partial charge on any atom is 0.251 e. The number of ether oxygens (including phenoxy) is 1. The van der Waals surface area contributed by atoms with E-state index in [0.29, 0.717) is 17.4 Å². The molecule has 98 valence electrons. The van der Waals surface area contributed by atoms with Crippen molar-refractivity contribution < 1.29 is 9.53 Å². The quantitative estimate of drug-likeness (QED) is 0.878. The zero-order chi connectivity index (χ0) is 13.1. The molecular formula is C14H20N2O2. The van der Waals surface area contributed by atoms with Crippen molar-refractivity contribution in [3.05, 3.63) is 29.8 Å². The van der Waals surface area contributed by atoms with E-state index in [0.717, 1.165) is 13.1 Å². The number of nitrogens with zero attached hydrogens (tertiary/aromatic N) is 1. The molecule has 1 aliphatic heterocycles. The van der Waals surface area contributed by atoms with Gasteiger partial charge in [0.15, 0.2) is 0 Å². The highest BCUT2D eigenvalue weighted by Crippen LogP contribution is 2.15. The molecule has 1 aromatic rings. The van der Waals surface area contributed by atoms with Crippen LogP contribution in [0.5, 0.6) is 5.75 Å². The van der Waals surface area contributed by atoms with Crippen molar-refractivity contribution in [3.8, 4) is 5.75 Å². The van der Waals surface area contributed by atoms with Gasteiger partial charge in [0.1, 0.15) is 5.75 Å². The lowest BCUT2D eigenvalue weighted by Crippen LogP contribution is -2.61. The van der Waals surface area contributed by atoms with Gasteiger partial charge in [-0.15, -0.1) is 0 Å². The first-order valence-electron chi connectivity index (χ1n) is 6.29. The van der Waals surface area contributed by atoms with Crippen molar-refractivity contribution in [1.29, 1.82) is 0 Å². The zero-order valence-corrected chi connectivity index (χ0v) is 11.1. The van der Waals surface area contributed by atoms with Gasteiger partial charge in [-0.05, 0) is 32.0 Å². The number of nitrogens with one attached hydrogen (secondary N) is 1. The van der Waals surface area contributed by atoms with Crippen molar-refractivity contribution >= 4 is 5.91 Å². The highest BCUT2D eigenvalue weighted by atomic mass is 16.5. The molecule has 1 aliphatic rings. The Balaban J connectivity index is 1.89. The first-order chi connectivity index (χ1) is 8.60. The van der Waals surface area contributed by atoms with Crippen LogP contribution in [0.2, 0.25) is 0 Å². The number of hydrogen-bond acceptors (Lipinski definition) is 3. The Morgan fingerprint density at radius 1 is 1.44 bits per heavy atom. The summed E-state index contributed by atoms with van der Waals surface area (Å²) in [5, 5.41) is 3.03. The molecule has 0 radical (unpaired) electrons. The number of rotatable bonds is 4. The van der Waals surface area contributed by atoms with Crippen LogP contribution in [0.25, 0.3) is 0 Å². The minimum Gasteiger partial charge on any atom is -0.497 e. The number of hydrogen-bond donors (Lipinski definition) is 1. The van der Waals surface area contributed by atoms with Crippen LogP contribution in [0.3, 0.4) is 0 Å². The van der Waals surface area contributed by atoms with Gasteiger partial charge in [0.25, 0.3) is 5.91 Å². The van der Waals surface area contributed by atoms with E-state index < -0.39 is 0 Å². The molecule has 1 aromatic carbocycles. The number of likely N-dealkylation sites (tertiary alicyclic amines) is 1. The Morgan fingerprint density at radius 3 is 2.78 bits per heavy atom.